The highest BCUT2D eigenvalue weighted by Gasteiger charge is 2.04. The van der Waals surface area contributed by atoms with Crippen LogP contribution in [0.15, 0.2) is 24.5 Å². The lowest BCUT2D eigenvalue weighted by Crippen LogP contribution is -2.16. The monoisotopic (exact) mass is 246 g/mol. The van der Waals surface area contributed by atoms with E-state index in [9.17, 15) is 0 Å². The van der Waals surface area contributed by atoms with Gasteiger partial charge in [-0.3, -0.25) is 0 Å². The van der Waals surface area contributed by atoms with Gasteiger partial charge in [0.1, 0.15) is 5.82 Å². The molecule has 2 rings (SSSR count). The molecular weight excluding hydrogens is 224 g/mol. The number of nitrogens with one attached hydrogen (secondary N) is 1. The molecule has 2 heterocycles. The maximum absolute atomic E-state index is 4.51. The van der Waals surface area contributed by atoms with E-state index in [1.165, 1.54) is 32.1 Å². The van der Waals surface area contributed by atoms with Gasteiger partial charge in [0.05, 0.1) is 6.20 Å². The second-order valence-corrected chi connectivity index (χ2v) is 4.84. The molecule has 2 aromatic rings. The third kappa shape index (κ3) is 3.45. The number of rotatable bonds is 7. The Morgan fingerprint density at radius 2 is 2.17 bits per heavy atom. The van der Waals surface area contributed by atoms with Crippen LogP contribution in [0, 0.1) is 0 Å². The summed E-state index contributed by atoms with van der Waals surface area (Å²) in [5.41, 5.74) is 0.887. The summed E-state index contributed by atoms with van der Waals surface area (Å²) < 4.78 is 1.77. The molecule has 0 saturated heterocycles. The fourth-order valence-corrected chi connectivity index (χ4v) is 2.09. The summed E-state index contributed by atoms with van der Waals surface area (Å²) >= 11 is 0. The number of nitrogens with zero attached hydrogens (tertiary/aromatic N) is 3. The summed E-state index contributed by atoms with van der Waals surface area (Å²) in [6.07, 6.45) is 10.2. The van der Waals surface area contributed by atoms with Crippen LogP contribution in [0.25, 0.3) is 5.65 Å². The molecule has 0 aliphatic carbocycles. The first-order chi connectivity index (χ1) is 8.79. The SMILES string of the molecule is CCCCCCC(C)Nc1ccn2nccc2n1. The van der Waals surface area contributed by atoms with E-state index < -0.39 is 0 Å². The van der Waals surface area contributed by atoms with E-state index in [1.54, 1.807) is 10.7 Å². The molecule has 18 heavy (non-hydrogen) atoms. The van der Waals surface area contributed by atoms with Crippen LogP contribution in [0.2, 0.25) is 0 Å². The maximum atomic E-state index is 4.51. The summed E-state index contributed by atoms with van der Waals surface area (Å²) in [6, 6.07) is 4.36. The van der Waals surface area contributed by atoms with Gasteiger partial charge in [0.2, 0.25) is 0 Å². The van der Waals surface area contributed by atoms with E-state index in [0.717, 1.165) is 11.5 Å². The smallest absolute Gasteiger partial charge is 0.157 e. The lowest BCUT2D eigenvalue weighted by Gasteiger charge is -2.14. The van der Waals surface area contributed by atoms with Gasteiger partial charge in [0.15, 0.2) is 5.65 Å². The minimum atomic E-state index is 0.472. The van der Waals surface area contributed by atoms with Crippen LogP contribution in [0.5, 0.6) is 0 Å². The van der Waals surface area contributed by atoms with Crippen LogP contribution in [-0.4, -0.2) is 20.6 Å². The molecule has 0 radical (unpaired) electrons. The first kappa shape index (κ1) is 12.9. The van der Waals surface area contributed by atoms with Crippen LogP contribution >= 0.6 is 0 Å². The largest absolute Gasteiger partial charge is 0.368 e. The van der Waals surface area contributed by atoms with Gasteiger partial charge in [-0.2, -0.15) is 5.10 Å². The Labute approximate surface area is 108 Å². The van der Waals surface area contributed by atoms with Gasteiger partial charge in [-0.1, -0.05) is 32.6 Å². The molecule has 1 N–H and O–H groups in total. The molecule has 0 bridgehead atoms. The Hall–Kier alpha value is -1.58. The molecule has 1 atom stereocenters. The average molecular weight is 246 g/mol. The number of hydrogen-bond donors (Lipinski definition) is 1. The van der Waals surface area contributed by atoms with Crippen LogP contribution in [0.4, 0.5) is 5.82 Å². The topological polar surface area (TPSA) is 42.2 Å². The van der Waals surface area contributed by atoms with E-state index in [4.69, 9.17) is 0 Å². The predicted octanol–water partition coefficient (Wildman–Crippen LogP) is 3.50. The Morgan fingerprint density at radius 1 is 1.28 bits per heavy atom. The summed E-state index contributed by atoms with van der Waals surface area (Å²) in [7, 11) is 0. The van der Waals surface area contributed by atoms with Crippen molar-refractivity contribution in [2.75, 3.05) is 5.32 Å². The summed E-state index contributed by atoms with van der Waals surface area (Å²) in [6.45, 7) is 4.46. The zero-order chi connectivity index (χ0) is 12.8. The fourth-order valence-electron chi connectivity index (χ4n) is 2.09. The number of aromatic nitrogens is 3. The Morgan fingerprint density at radius 3 is 3.00 bits per heavy atom. The zero-order valence-electron chi connectivity index (χ0n) is 11.3. The van der Waals surface area contributed by atoms with Crippen molar-refractivity contribution in [2.24, 2.45) is 0 Å². The Kier molecular flexibility index (Phi) is 4.56. The van der Waals surface area contributed by atoms with Crippen molar-refractivity contribution in [2.45, 2.75) is 52.0 Å². The normalized spacial score (nSPS) is 12.8. The quantitative estimate of drug-likeness (QED) is 0.760. The van der Waals surface area contributed by atoms with Gasteiger partial charge >= 0.3 is 0 Å². The number of unbranched alkanes of at least 4 members (excludes halogenated alkanes) is 3. The highest BCUT2D eigenvalue weighted by atomic mass is 15.2. The van der Waals surface area contributed by atoms with E-state index >= 15 is 0 Å². The van der Waals surface area contributed by atoms with Crippen LogP contribution in [0.3, 0.4) is 0 Å². The molecule has 0 amide bonds. The first-order valence-electron chi connectivity index (χ1n) is 6.86. The Balaban J connectivity index is 1.84. The second-order valence-electron chi connectivity index (χ2n) is 4.84. The van der Waals surface area contributed by atoms with E-state index in [2.05, 4.69) is 29.2 Å². The number of hydrogen-bond acceptors (Lipinski definition) is 3. The number of anilines is 1. The third-order valence-electron chi connectivity index (χ3n) is 3.14. The summed E-state index contributed by atoms with van der Waals surface area (Å²) in [4.78, 5) is 4.51. The molecule has 2 aromatic heterocycles. The van der Waals surface area contributed by atoms with Gasteiger partial charge in [0.25, 0.3) is 0 Å². The predicted molar refractivity (Wildman–Crippen MR) is 74.8 cm³/mol. The average Bonchev–Trinajstić information content (AvgIpc) is 2.82. The molecule has 0 aliphatic rings. The van der Waals surface area contributed by atoms with E-state index in [-0.39, 0.29) is 0 Å². The van der Waals surface area contributed by atoms with Crippen LogP contribution in [0.1, 0.15) is 46.0 Å². The fraction of sp³-hybridized carbons (Fsp3) is 0.571. The van der Waals surface area contributed by atoms with Crippen molar-refractivity contribution in [3.05, 3.63) is 24.5 Å². The molecule has 0 aromatic carbocycles. The molecule has 4 heteroatoms. The van der Waals surface area contributed by atoms with Gasteiger partial charge in [-0.05, 0) is 19.4 Å². The van der Waals surface area contributed by atoms with Crippen molar-refractivity contribution in [1.82, 2.24) is 14.6 Å². The van der Waals surface area contributed by atoms with Crippen molar-refractivity contribution in [3.8, 4) is 0 Å². The lowest BCUT2D eigenvalue weighted by molar-refractivity contribution is 0.593. The van der Waals surface area contributed by atoms with Crippen LogP contribution in [-0.2, 0) is 0 Å². The second kappa shape index (κ2) is 6.38. The summed E-state index contributed by atoms with van der Waals surface area (Å²) in [5, 5.41) is 7.58. The standard InChI is InChI=1S/C14H22N4/c1-3-4-5-6-7-12(2)16-13-9-11-18-14(17-13)8-10-15-18/h8-12H,3-7H2,1-2H3,(H,16,17). The summed E-state index contributed by atoms with van der Waals surface area (Å²) in [5.74, 6) is 0.936. The van der Waals surface area contributed by atoms with Crippen molar-refractivity contribution < 1.29 is 0 Å². The highest BCUT2D eigenvalue weighted by Crippen LogP contribution is 2.11. The van der Waals surface area contributed by atoms with E-state index in [0.29, 0.717) is 6.04 Å². The molecule has 0 aliphatic heterocycles. The third-order valence-corrected chi connectivity index (χ3v) is 3.14. The minimum Gasteiger partial charge on any atom is -0.368 e. The van der Waals surface area contributed by atoms with Gasteiger partial charge < -0.3 is 5.32 Å². The van der Waals surface area contributed by atoms with E-state index in [1.807, 2.05) is 18.3 Å². The molecule has 0 spiro atoms. The van der Waals surface area contributed by atoms with Gasteiger partial charge in [0, 0.05) is 18.3 Å². The highest BCUT2D eigenvalue weighted by molar-refractivity contribution is 5.45. The number of fused-ring (bicyclic) bond motifs is 1. The van der Waals surface area contributed by atoms with Gasteiger partial charge in [-0.15, -0.1) is 0 Å². The Bertz CT molecular complexity index is 477. The molecule has 4 nitrogen and oxygen atoms in total. The molecular formula is C14H22N4. The van der Waals surface area contributed by atoms with Crippen molar-refractivity contribution in [1.29, 1.82) is 0 Å². The molecule has 0 saturated carbocycles. The molecule has 0 fully saturated rings. The first-order valence-corrected chi connectivity index (χ1v) is 6.86. The lowest BCUT2D eigenvalue weighted by atomic mass is 10.1. The maximum Gasteiger partial charge on any atom is 0.157 e. The zero-order valence-corrected chi connectivity index (χ0v) is 11.3. The van der Waals surface area contributed by atoms with Crippen molar-refractivity contribution in [3.63, 3.8) is 0 Å². The van der Waals surface area contributed by atoms with Crippen molar-refractivity contribution >= 4 is 11.5 Å². The molecule has 98 valence electrons. The van der Waals surface area contributed by atoms with Gasteiger partial charge in [-0.25, -0.2) is 9.50 Å². The molecule has 1 unspecified atom stereocenters. The van der Waals surface area contributed by atoms with Crippen LogP contribution < -0.4 is 5.32 Å². The minimum absolute atomic E-state index is 0.472.